The summed E-state index contributed by atoms with van der Waals surface area (Å²) in [5.41, 5.74) is 6.86. The van der Waals surface area contributed by atoms with Gasteiger partial charge in [-0.15, -0.1) is 0 Å². The average Bonchev–Trinajstić information content (AvgIpc) is 2.82. The maximum atomic E-state index is 12.5. The zero-order chi connectivity index (χ0) is 15.6. The molecule has 3 atom stereocenters. The van der Waals surface area contributed by atoms with E-state index >= 15 is 0 Å². The van der Waals surface area contributed by atoms with Crippen LogP contribution in [0.5, 0.6) is 5.75 Å². The highest BCUT2D eigenvalue weighted by atomic mass is 79.9. The highest BCUT2D eigenvalue weighted by Gasteiger charge is 2.34. The number of nitrogens with two attached hydrogens (primary N) is 1. The van der Waals surface area contributed by atoms with Crippen LogP contribution in [0, 0.1) is 12.8 Å². The Hall–Kier alpha value is -1.07. The van der Waals surface area contributed by atoms with Crippen LogP contribution in [0.4, 0.5) is 0 Å². The van der Waals surface area contributed by atoms with Crippen LogP contribution in [-0.4, -0.2) is 36.0 Å². The zero-order valence-electron chi connectivity index (χ0n) is 12.8. The van der Waals surface area contributed by atoms with Crippen LogP contribution in [0.2, 0.25) is 0 Å². The normalized spacial score (nSPS) is 23.2. The first kappa shape index (κ1) is 16.3. The third-order valence-electron chi connectivity index (χ3n) is 4.02. The Morgan fingerprint density at radius 2 is 2.29 bits per heavy atom. The van der Waals surface area contributed by atoms with E-state index in [4.69, 9.17) is 10.5 Å². The molecular formula is C16H23BrN2O2. The first-order valence-electron chi connectivity index (χ1n) is 7.35. The predicted octanol–water partition coefficient (Wildman–Crippen LogP) is 2.72. The minimum atomic E-state index is -0.497. The Kier molecular flexibility index (Phi) is 5.27. The molecule has 5 heteroatoms. The molecule has 0 aliphatic carbocycles. The van der Waals surface area contributed by atoms with E-state index < -0.39 is 6.10 Å². The predicted molar refractivity (Wildman–Crippen MR) is 87.3 cm³/mol. The second-order valence-electron chi connectivity index (χ2n) is 5.87. The number of aryl methyl sites for hydroxylation is 1. The van der Waals surface area contributed by atoms with Crippen LogP contribution in [0.25, 0.3) is 0 Å². The summed E-state index contributed by atoms with van der Waals surface area (Å²) in [5, 5.41) is 0. The second kappa shape index (κ2) is 6.79. The minimum Gasteiger partial charge on any atom is -0.480 e. The minimum absolute atomic E-state index is 0.0333. The first-order valence-corrected chi connectivity index (χ1v) is 8.15. The van der Waals surface area contributed by atoms with Crippen molar-refractivity contribution in [2.75, 3.05) is 13.1 Å². The standard InChI is InChI=1S/C16H23BrN2O2/c1-10-4-5-15(14(17)6-10)21-12(3)16(20)19-9-13(8-18)7-11(19)2/h4-6,11-13H,7-9,18H2,1-3H3. The van der Waals surface area contributed by atoms with Crippen molar-refractivity contribution in [2.45, 2.75) is 39.3 Å². The number of rotatable bonds is 4. The van der Waals surface area contributed by atoms with Crippen LogP contribution in [-0.2, 0) is 4.79 Å². The zero-order valence-corrected chi connectivity index (χ0v) is 14.4. The summed E-state index contributed by atoms with van der Waals surface area (Å²) in [6, 6.07) is 6.08. The van der Waals surface area contributed by atoms with E-state index in [9.17, 15) is 4.79 Å². The topological polar surface area (TPSA) is 55.6 Å². The number of hydrogen-bond acceptors (Lipinski definition) is 3. The van der Waals surface area contributed by atoms with Crippen LogP contribution in [0.3, 0.4) is 0 Å². The van der Waals surface area contributed by atoms with Crippen molar-refractivity contribution in [3.05, 3.63) is 28.2 Å². The van der Waals surface area contributed by atoms with Gasteiger partial charge in [0.2, 0.25) is 0 Å². The third-order valence-corrected chi connectivity index (χ3v) is 4.64. The number of benzene rings is 1. The molecule has 1 aliphatic heterocycles. The molecular weight excluding hydrogens is 332 g/mol. The Morgan fingerprint density at radius 3 is 2.86 bits per heavy atom. The van der Waals surface area contributed by atoms with Gasteiger partial charge in [0, 0.05) is 12.6 Å². The summed E-state index contributed by atoms with van der Waals surface area (Å²) >= 11 is 3.47. The van der Waals surface area contributed by atoms with Gasteiger partial charge in [-0.25, -0.2) is 0 Å². The number of nitrogens with zero attached hydrogens (tertiary/aromatic N) is 1. The van der Waals surface area contributed by atoms with Crippen LogP contribution < -0.4 is 10.5 Å². The van der Waals surface area contributed by atoms with Crippen LogP contribution in [0.1, 0.15) is 25.8 Å². The molecule has 1 aromatic carbocycles. The molecule has 1 aliphatic rings. The highest BCUT2D eigenvalue weighted by molar-refractivity contribution is 9.10. The van der Waals surface area contributed by atoms with Crippen molar-refractivity contribution < 1.29 is 9.53 Å². The van der Waals surface area contributed by atoms with E-state index in [0.29, 0.717) is 18.2 Å². The Balaban J connectivity index is 2.03. The summed E-state index contributed by atoms with van der Waals surface area (Å²) in [6.45, 7) is 7.26. The Morgan fingerprint density at radius 1 is 1.57 bits per heavy atom. The van der Waals surface area contributed by atoms with Crippen molar-refractivity contribution >= 4 is 21.8 Å². The number of amides is 1. The first-order chi connectivity index (χ1) is 9.92. The molecule has 1 saturated heterocycles. The van der Waals surface area contributed by atoms with E-state index in [-0.39, 0.29) is 11.9 Å². The van der Waals surface area contributed by atoms with Gasteiger partial charge in [-0.05, 0) is 73.3 Å². The Bertz CT molecular complexity index is 521. The summed E-state index contributed by atoms with van der Waals surface area (Å²) in [6.07, 6.45) is 0.478. The van der Waals surface area contributed by atoms with E-state index in [0.717, 1.165) is 23.0 Å². The molecule has 21 heavy (non-hydrogen) atoms. The Labute approximate surface area is 134 Å². The molecule has 0 spiro atoms. The quantitative estimate of drug-likeness (QED) is 0.904. The van der Waals surface area contributed by atoms with Crippen molar-refractivity contribution in [2.24, 2.45) is 11.7 Å². The summed E-state index contributed by atoms with van der Waals surface area (Å²) in [4.78, 5) is 14.4. The molecule has 1 amide bonds. The highest BCUT2D eigenvalue weighted by Crippen LogP contribution is 2.28. The smallest absolute Gasteiger partial charge is 0.263 e. The van der Waals surface area contributed by atoms with E-state index in [1.54, 1.807) is 6.92 Å². The third kappa shape index (κ3) is 3.77. The lowest BCUT2D eigenvalue weighted by molar-refractivity contribution is -0.138. The molecule has 0 aromatic heterocycles. The van der Waals surface area contributed by atoms with Gasteiger partial charge >= 0.3 is 0 Å². The number of ether oxygens (including phenoxy) is 1. The summed E-state index contributed by atoms with van der Waals surface area (Å²) < 4.78 is 6.69. The molecule has 3 unspecified atom stereocenters. The van der Waals surface area contributed by atoms with Gasteiger partial charge < -0.3 is 15.4 Å². The molecule has 4 nitrogen and oxygen atoms in total. The van der Waals surface area contributed by atoms with Gasteiger partial charge in [-0.2, -0.15) is 0 Å². The maximum absolute atomic E-state index is 12.5. The van der Waals surface area contributed by atoms with Gasteiger partial charge in [0.25, 0.3) is 5.91 Å². The SMILES string of the molecule is Cc1ccc(OC(C)C(=O)N2CC(CN)CC2C)c(Br)c1. The van der Waals surface area contributed by atoms with E-state index in [1.165, 1.54) is 0 Å². The lowest BCUT2D eigenvalue weighted by atomic mass is 10.1. The molecule has 1 aromatic rings. The van der Waals surface area contributed by atoms with Gasteiger partial charge in [0.05, 0.1) is 4.47 Å². The fourth-order valence-corrected chi connectivity index (χ4v) is 3.38. The average molecular weight is 355 g/mol. The fourth-order valence-electron chi connectivity index (χ4n) is 2.80. The van der Waals surface area contributed by atoms with Crippen molar-refractivity contribution in [3.8, 4) is 5.75 Å². The monoisotopic (exact) mass is 354 g/mol. The fraction of sp³-hybridized carbons (Fsp3) is 0.562. The molecule has 2 N–H and O–H groups in total. The second-order valence-corrected chi connectivity index (χ2v) is 6.73. The molecule has 2 rings (SSSR count). The molecule has 0 bridgehead atoms. The van der Waals surface area contributed by atoms with Crippen LogP contribution in [0.15, 0.2) is 22.7 Å². The van der Waals surface area contributed by atoms with Crippen molar-refractivity contribution in [1.82, 2.24) is 4.90 Å². The number of halogens is 1. The van der Waals surface area contributed by atoms with Crippen LogP contribution >= 0.6 is 15.9 Å². The molecule has 0 radical (unpaired) electrons. The number of hydrogen-bond donors (Lipinski definition) is 1. The summed E-state index contributed by atoms with van der Waals surface area (Å²) in [5.74, 6) is 1.14. The van der Waals surface area contributed by atoms with Crippen molar-refractivity contribution in [3.63, 3.8) is 0 Å². The van der Waals surface area contributed by atoms with Gasteiger partial charge in [0.15, 0.2) is 6.10 Å². The maximum Gasteiger partial charge on any atom is 0.263 e. The summed E-state index contributed by atoms with van der Waals surface area (Å²) in [7, 11) is 0. The largest absolute Gasteiger partial charge is 0.480 e. The van der Waals surface area contributed by atoms with Crippen molar-refractivity contribution in [1.29, 1.82) is 0 Å². The van der Waals surface area contributed by atoms with Gasteiger partial charge in [0.1, 0.15) is 5.75 Å². The lowest BCUT2D eigenvalue weighted by Gasteiger charge is -2.25. The molecule has 116 valence electrons. The lowest BCUT2D eigenvalue weighted by Crippen LogP contribution is -2.42. The molecule has 1 heterocycles. The number of carbonyl (C=O) groups excluding carboxylic acids is 1. The van der Waals surface area contributed by atoms with Gasteiger partial charge in [-0.3, -0.25) is 4.79 Å². The number of carbonyl (C=O) groups is 1. The van der Waals surface area contributed by atoms with Gasteiger partial charge in [-0.1, -0.05) is 6.07 Å². The van der Waals surface area contributed by atoms with E-state index in [1.807, 2.05) is 30.0 Å². The molecule has 0 saturated carbocycles. The molecule has 1 fully saturated rings. The number of likely N-dealkylation sites (tertiary alicyclic amines) is 1. The van der Waals surface area contributed by atoms with E-state index in [2.05, 4.69) is 22.9 Å².